The minimum Gasteiger partial charge on any atom is -0.298 e. The second-order valence-electron chi connectivity index (χ2n) is 5.25. The number of hydrogen-bond donors (Lipinski definition) is 0. The molecule has 0 saturated carbocycles. The number of thioether (sulfide) groups is 2. The van der Waals surface area contributed by atoms with Gasteiger partial charge in [-0.15, -0.1) is 0 Å². The Bertz CT molecular complexity index is 565. The number of benzene rings is 1. The molecule has 1 aliphatic rings. The van der Waals surface area contributed by atoms with Crippen molar-refractivity contribution in [3.8, 4) is 0 Å². The summed E-state index contributed by atoms with van der Waals surface area (Å²) in [6.45, 7) is 1.02. The molecule has 0 radical (unpaired) electrons. The van der Waals surface area contributed by atoms with E-state index in [2.05, 4.69) is 64.7 Å². The molecular weight excluding hydrogens is 284 g/mol. The fourth-order valence-corrected chi connectivity index (χ4v) is 5.21. The second kappa shape index (κ2) is 6.83. The van der Waals surface area contributed by atoms with Crippen molar-refractivity contribution in [1.29, 1.82) is 0 Å². The van der Waals surface area contributed by atoms with E-state index in [1.165, 1.54) is 34.0 Å². The highest BCUT2D eigenvalue weighted by Crippen LogP contribution is 2.21. The summed E-state index contributed by atoms with van der Waals surface area (Å²) >= 11 is 4.19. The van der Waals surface area contributed by atoms with Gasteiger partial charge in [-0.1, -0.05) is 12.1 Å². The minimum atomic E-state index is 0.692. The van der Waals surface area contributed by atoms with Crippen molar-refractivity contribution in [3.05, 3.63) is 42.1 Å². The molecule has 0 aliphatic carbocycles. The van der Waals surface area contributed by atoms with Crippen LogP contribution in [0.3, 0.4) is 0 Å². The van der Waals surface area contributed by atoms with Crippen LogP contribution in [0.15, 0.2) is 36.5 Å². The van der Waals surface area contributed by atoms with E-state index in [-0.39, 0.29) is 0 Å². The second-order valence-corrected chi connectivity index (χ2v) is 7.55. The molecule has 106 valence electrons. The first-order valence-electron chi connectivity index (χ1n) is 7.02. The third-order valence-corrected chi connectivity index (χ3v) is 6.20. The molecule has 1 fully saturated rings. The van der Waals surface area contributed by atoms with Crippen LogP contribution in [0, 0.1) is 0 Å². The SMILES string of the molecule is CN(Cc1ccc2ncccc2c1)C1CSCCSC1. The van der Waals surface area contributed by atoms with Crippen molar-refractivity contribution in [2.24, 2.45) is 0 Å². The van der Waals surface area contributed by atoms with Crippen molar-refractivity contribution >= 4 is 34.4 Å². The molecule has 1 saturated heterocycles. The van der Waals surface area contributed by atoms with Crippen LogP contribution < -0.4 is 0 Å². The number of pyridine rings is 1. The molecule has 0 bridgehead atoms. The lowest BCUT2D eigenvalue weighted by Gasteiger charge is -2.26. The molecule has 1 aliphatic heterocycles. The zero-order valence-electron chi connectivity index (χ0n) is 11.8. The molecule has 2 aromatic rings. The molecule has 1 aromatic carbocycles. The van der Waals surface area contributed by atoms with E-state index in [0.29, 0.717) is 6.04 Å². The maximum absolute atomic E-state index is 4.38. The molecular formula is C16H20N2S2. The van der Waals surface area contributed by atoms with Gasteiger partial charge in [0.1, 0.15) is 0 Å². The fourth-order valence-electron chi connectivity index (χ4n) is 2.50. The first-order valence-corrected chi connectivity index (χ1v) is 9.33. The van der Waals surface area contributed by atoms with Gasteiger partial charge in [0.25, 0.3) is 0 Å². The topological polar surface area (TPSA) is 16.1 Å². The van der Waals surface area contributed by atoms with Gasteiger partial charge in [-0.25, -0.2) is 0 Å². The lowest BCUT2D eigenvalue weighted by molar-refractivity contribution is 0.274. The number of rotatable bonds is 3. The molecule has 0 amide bonds. The smallest absolute Gasteiger partial charge is 0.0702 e. The van der Waals surface area contributed by atoms with Crippen LogP contribution in [0.4, 0.5) is 0 Å². The normalized spacial score (nSPS) is 17.5. The summed E-state index contributed by atoms with van der Waals surface area (Å²) in [6, 6.07) is 11.5. The Kier molecular flexibility index (Phi) is 4.86. The Hall–Kier alpha value is -0.710. The lowest BCUT2D eigenvalue weighted by atomic mass is 10.1. The highest BCUT2D eigenvalue weighted by molar-refractivity contribution is 8.03. The standard InChI is InChI=1S/C16H20N2S2/c1-18(15-11-19-7-8-20-12-15)10-13-4-5-16-14(9-13)3-2-6-17-16/h2-6,9,15H,7-8,10-12H2,1H3. The van der Waals surface area contributed by atoms with Crippen molar-refractivity contribution in [2.75, 3.05) is 30.1 Å². The molecule has 0 spiro atoms. The largest absolute Gasteiger partial charge is 0.298 e. The number of hydrogen-bond acceptors (Lipinski definition) is 4. The van der Waals surface area contributed by atoms with E-state index >= 15 is 0 Å². The van der Waals surface area contributed by atoms with Gasteiger partial charge < -0.3 is 0 Å². The van der Waals surface area contributed by atoms with Crippen LogP contribution >= 0.6 is 23.5 Å². The molecule has 2 nitrogen and oxygen atoms in total. The quantitative estimate of drug-likeness (QED) is 0.862. The number of aromatic nitrogens is 1. The Labute approximate surface area is 129 Å². The predicted molar refractivity (Wildman–Crippen MR) is 91.6 cm³/mol. The Morgan fingerprint density at radius 1 is 1.20 bits per heavy atom. The number of nitrogens with zero attached hydrogens (tertiary/aromatic N) is 2. The monoisotopic (exact) mass is 304 g/mol. The van der Waals surface area contributed by atoms with Gasteiger partial charge >= 0.3 is 0 Å². The summed E-state index contributed by atoms with van der Waals surface area (Å²) in [6.07, 6.45) is 1.86. The molecule has 0 unspecified atom stereocenters. The van der Waals surface area contributed by atoms with E-state index in [4.69, 9.17) is 0 Å². The first kappa shape index (κ1) is 14.2. The van der Waals surface area contributed by atoms with Crippen LogP contribution in [0.2, 0.25) is 0 Å². The molecule has 0 atom stereocenters. The summed E-state index contributed by atoms with van der Waals surface area (Å²) in [7, 11) is 2.25. The van der Waals surface area contributed by atoms with Gasteiger partial charge in [0.05, 0.1) is 5.52 Å². The maximum atomic E-state index is 4.38. The van der Waals surface area contributed by atoms with Crippen LogP contribution in [0.5, 0.6) is 0 Å². The van der Waals surface area contributed by atoms with Gasteiger partial charge in [0.2, 0.25) is 0 Å². The van der Waals surface area contributed by atoms with Crippen LogP contribution in [0.25, 0.3) is 10.9 Å². The van der Waals surface area contributed by atoms with Crippen molar-refractivity contribution in [3.63, 3.8) is 0 Å². The lowest BCUT2D eigenvalue weighted by Crippen LogP contribution is -2.34. The predicted octanol–water partition coefficient (Wildman–Crippen LogP) is 3.52. The summed E-state index contributed by atoms with van der Waals surface area (Å²) in [4.78, 5) is 6.89. The first-order chi connectivity index (χ1) is 9.83. The van der Waals surface area contributed by atoms with Gasteiger partial charge in [0.15, 0.2) is 0 Å². The summed E-state index contributed by atoms with van der Waals surface area (Å²) < 4.78 is 0. The van der Waals surface area contributed by atoms with Crippen LogP contribution in [-0.4, -0.2) is 46.0 Å². The van der Waals surface area contributed by atoms with E-state index in [1.54, 1.807) is 0 Å². The van der Waals surface area contributed by atoms with Crippen LogP contribution in [-0.2, 0) is 6.54 Å². The highest BCUT2D eigenvalue weighted by atomic mass is 32.2. The average molecular weight is 304 g/mol. The molecule has 4 heteroatoms. The van der Waals surface area contributed by atoms with E-state index < -0.39 is 0 Å². The van der Waals surface area contributed by atoms with Crippen molar-refractivity contribution in [2.45, 2.75) is 12.6 Å². The Morgan fingerprint density at radius 3 is 2.80 bits per heavy atom. The van der Waals surface area contributed by atoms with Crippen LogP contribution in [0.1, 0.15) is 5.56 Å². The van der Waals surface area contributed by atoms with Gasteiger partial charge in [-0.2, -0.15) is 23.5 Å². The summed E-state index contributed by atoms with van der Waals surface area (Å²) in [5, 5.41) is 1.24. The third kappa shape index (κ3) is 3.48. The fraction of sp³-hybridized carbons (Fsp3) is 0.438. The summed E-state index contributed by atoms with van der Waals surface area (Å²) in [5.41, 5.74) is 2.46. The molecule has 0 N–H and O–H groups in total. The maximum Gasteiger partial charge on any atom is 0.0702 e. The van der Waals surface area contributed by atoms with E-state index in [9.17, 15) is 0 Å². The van der Waals surface area contributed by atoms with Gasteiger partial charge in [-0.05, 0) is 30.8 Å². The average Bonchev–Trinajstić information content (AvgIpc) is 2.76. The zero-order valence-corrected chi connectivity index (χ0v) is 13.4. The molecule has 1 aromatic heterocycles. The molecule has 20 heavy (non-hydrogen) atoms. The zero-order chi connectivity index (χ0) is 13.8. The number of fused-ring (bicyclic) bond motifs is 1. The van der Waals surface area contributed by atoms with Crippen molar-refractivity contribution < 1.29 is 0 Å². The minimum absolute atomic E-state index is 0.692. The molecule has 3 rings (SSSR count). The highest BCUT2D eigenvalue weighted by Gasteiger charge is 2.17. The Balaban J connectivity index is 1.71. The molecule has 2 heterocycles. The van der Waals surface area contributed by atoms with E-state index in [0.717, 1.165) is 12.1 Å². The van der Waals surface area contributed by atoms with Gasteiger partial charge in [-0.3, -0.25) is 9.88 Å². The van der Waals surface area contributed by atoms with Crippen molar-refractivity contribution in [1.82, 2.24) is 9.88 Å². The van der Waals surface area contributed by atoms with E-state index in [1.807, 2.05) is 12.3 Å². The third-order valence-electron chi connectivity index (χ3n) is 3.72. The summed E-state index contributed by atoms with van der Waals surface area (Å²) in [5.74, 6) is 5.13. The van der Waals surface area contributed by atoms with Gasteiger partial charge in [0, 0.05) is 47.2 Å². The Morgan fingerprint density at radius 2 is 2.00 bits per heavy atom.